The molecular formula is C19H28N4O. The normalized spacial score (nSPS) is 30.8. The van der Waals surface area contributed by atoms with Gasteiger partial charge in [0.15, 0.2) is 0 Å². The van der Waals surface area contributed by atoms with Gasteiger partial charge < -0.3 is 9.64 Å². The second-order valence-corrected chi connectivity index (χ2v) is 8.00. The van der Waals surface area contributed by atoms with Gasteiger partial charge >= 0.3 is 0 Å². The molecule has 5 rings (SSSR count). The van der Waals surface area contributed by atoms with Gasteiger partial charge in [0.1, 0.15) is 11.6 Å². The Morgan fingerprint density at radius 1 is 1.08 bits per heavy atom. The molecule has 1 aromatic heterocycles. The van der Waals surface area contributed by atoms with Gasteiger partial charge in [-0.25, -0.2) is 9.97 Å². The monoisotopic (exact) mass is 328 g/mol. The van der Waals surface area contributed by atoms with Crippen molar-refractivity contribution in [1.29, 1.82) is 0 Å². The van der Waals surface area contributed by atoms with Gasteiger partial charge in [0.05, 0.1) is 13.2 Å². The number of ether oxygens (including phenoxy) is 1. The van der Waals surface area contributed by atoms with Crippen molar-refractivity contribution in [2.45, 2.75) is 63.5 Å². The SMILES string of the molecule is CC1CC(N2CCOCC2)CN1c1nc(C2CC2)nc2c1CCC2. The highest BCUT2D eigenvalue weighted by Crippen LogP contribution is 2.41. The van der Waals surface area contributed by atoms with Crippen molar-refractivity contribution in [3.63, 3.8) is 0 Å². The van der Waals surface area contributed by atoms with Crippen LogP contribution >= 0.6 is 0 Å². The van der Waals surface area contributed by atoms with E-state index in [9.17, 15) is 0 Å². The second kappa shape index (κ2) is 5.95. The van der Waals surface area contributed by atoms with Gasteiger partial charge in [0, 0.05) is 48.9 Å². The van der Waals surface area contributed by atoms with Crippen LogP contribution in [-0.2, 0) is 17.6 Å². The molecule has 2 unspecified atom stereocenters. The molecule has 0 aromatic carbocycles. The van der Waals surface area contributed by atoms with Crippen LogP contribution in [0.2, 0.25) is 0 Å². The van der Waals surface area contributed by atoms with Crippen molar-refractivity contribution in [2.24, 2.45) is 0 Å². The molecule has 0 N–H and O–H groups in total. The third kappa shape index (κ3) is 2.62. The second-order valence-electron chi connectivity index (χ2n) is 8.00. The number of anilines is 1. The molecule has 5 nitrogen and oxygen atoms in total. The molecule has 0 spiro atoms. The van der Waals surface area contributed by atoms with Gasteiger partial charge in [-0.2, -0.15) is 0 Å². The van der Waals surface area contributed by atoms with Crippen molar-refractivity contribution in [2.75, 3.05) is 37.7 Å². The number of morpholine rings is 1. The number of aromatic nitrogens is 2. The molecule has 0 radical (unpaired) electrons. The lowest BCUT2D eigenvalue weighted by atomic mass is 10.1. The minimum absolute atomic E-state index is 0.574. The van der Waals surface area contributed by atoms with Crippen molar-refractivity contribution >= 4 is 5.82 Å². The predicted molar refractivity (Wildman–Crippen MR) is 93.6 cm³/mol. The standard InChI is InChI=1S/C19H28N4O/c1-13-11-15(22-7-9-24-10-8-22)12-23(13)19-16-3-2-4-17(16)20-18(21-19)14-5-6-14/h13-15H,2-12H2,1H3. The molecule has 24 heavy (non-hydrogen) atoms. The first-order valence-corrected chi connectivity index (χ1v) is 9.77. The maximum atomic E-state index is 5.53. The van der Waals surface area contributed by atoms with Gasteiger partial charge in [-0.05, 0) is 45.4 Å². The molecule has 2 atom stereocenters. The van der Waals surface area contributed by atoms with Crippen molar-refractivity contribution in [3.05, 3.63) is 17.1 Å². The maximum Gasteiger partial charge on any atom is 0.136 e. The fourth-order valence-electron chi connectivity index (χ4n) is 4.70. The Morgan fingerprint density at radius 2 is 1.92 bits per heavy atom. The number of aryl methyl sites for hydroxylation is 1. The molecule has 1 aromatic rings. The molecule has 0 bridgehead atoms. The molecular weight excluding hydrogens is 300 g/mol. The maximum absolute atomic E-state index is 5.53. The molecule has 130 valence electrons. The molecule has 4 aliphatic rings. The summed E-state index contributed by atoms with van der Waals surface area (Å²) in [5, 5.41) is 0. The lowest BCUT2D eigenvalue weighted by Crippen LogP contribution is -2.44. The zero-order chi connectivity index (χ0) is 16.1. The Bertz CT molecular complexity index is 624. The van der Waals surface area contributed by atoms with Gasteiger partial charge in [-0.3, -0.25) is 4.90 Å². The van der Waals surface area contributed by atoms with Crippen molar-refractivity contribution in [3.8, 4) is 0 Å². The average Bonchev–Trinajstić information content (AvgIpc) is 3.23. The largest absolute Gasteiger partial charge is 0.379 e. The number of fused-ring (bicyclic) bond motifs is 1. The summed E-state index contributed by atoms with van der Waals surface area (Å²) in [7, 11) is 0. The number of rotatable bonds is 3. The van der Waals surface area contributed by atoms with E-state index < -0.39 is 0 Å². The van der Waals surface area contributed by atoms with E-state index in [0.29, 0.717) is 18.0 Å². The van der Waals surface area contributed by atoms with Crippen LogP contribution in [0.25, 0.3) is 0 Å². The summed E-state index contributed by atoms with van der Waals surface area (Å²) in [6.45, 7) is 7.44. The van der Waals surface area contributed by atoms with E-state index >= 15 is 0 Å². The molecule has 1 saturated carbocycles. The topological polar surface area (TPSA) is 41.5 Å². The first-order chi connectivity index (χ1) is 11.8. The summed E-state index contributed by atoms with van der Waals surface area (Å²) in [5.41, 5.74) is 2.80. The summed E-state index contributed by atoms with van der Waals surface area (Å²) in [6.07, 6.45) is 7.38. The van der Waals surface area contributed by atoms with Crippen LogP contribution in [0.1, 0.15) is 55.6 Å². The first kappa shape index (κ1) is 15.1. The fourth-order valence-corrected chi connectivity index (χ4v) is 4.70. The summed E-state index contributed by atoms with van der Waals surface area (Å²) in [6, 6.07) is 1.23. The molecule has 2 aliphatic carbocycles. The highest BCUT2D eigenvalue weighted by Gasteiger charge is 2.37. The number of hydrogen-bond acceptors (Lipinski definition) is 5. The molecule has 3 heterocycles. The molecule has 2 saturated heterocycles. The predicted octanol–water partition coefficient (Wildman–Crippen LogP) is 2.14. The lowest BCUT2D eigenvalue weighted by molar-refractivity contribution is 0.0204. The zero-order valence-corrected chi connectivity index (χ0v) is 14.7. The fraction of sp³-hybridized carbons (Fsp3) is 0.789. The van der Waals surface area contributed by atoms with Gasteiger partial charge in [0.25, 0.3) is 0 Å². The molecule has 3 fully saturated rings. The van der Waals surface area contributed by atoms with E-state index in [2.05, 4.69) is 16.7 Å². The number of nitrogens with zero attached hydrogens (tertiary/aromatic N) is 4. The smallest absolute Gasteiger partial charge is 0.136 e. The Balaban J connectivity index is 1.43. The minimum atomic E-state index is 0.574. The van der Waals surface area contributed by atoms with E-state index in [4.69, 9.17) is 14.7 Å². The minimum Gasteiger partial charge on any atom is -0.379 e. The van der Waals surface area contributed by atoms with Gasteiger partial charge in [0.2, 0.25) is 0 Å². The van der Waals surface area contributed by atoms with E-state index in [0.717, 1.165) is 45.1 Å². The quantitative estimate of drug-likeness (QED) is 0.850. The molecule has 5 heteroatoms. The van der Waals surface area contributed by atoms with Gasteiger partial charge in [-0.15, -0.1) is 0 Å². The number of hydrogen-bond donors (Lipinski definition) is 0. The van der Waals surface area contributed by atoms with E-state index in [1.54, 1.807) is 0 Å². The average molecular weight is 328 g/mol. The summed E-state index contributed by atoms with van der Waals surface area (Å²) in [5.74, 6) is 3.05. The van der Waals surface area contributed by atoms with Crippen LogP contribution in [0.4, 0.5) is 5.82 Å². The van der Waals surface area contributed by atoms with E-state index in [1.165, 1.54) is 49.2 Å². The van der Waals surface area contributed by atoms with Crippen LogP contribution in [-0.4, -0.2) is 59.8 Å². The van der Waals surface area contributed by atoms with Crippen molar-refractivity contribution < 1.29 is 4.74 Å². The van der Waals surface area contributed by atoms with Crippen LogP contribution in [0.15, 0.2) is 0 Å². The lowest BCUT2D eigenvalue weighted by Gasteiger charge is -2.32. The first-order valence-electron chi connectivity index (χ1n) is 9.77. The van der Waals surface area contributed by atoms with E-state index in [-0.39, 0.29) is 0 Å². The summed E-state index contributed by atoms with van der Waals surface area (Å²) >= 11 is 0. The highest BCUT2D eigenvalue weighted by molar-refractivity contribution is 5.53. The summed E-state index contributed by atoms with van der Waals surface area (Å²) in [4.78, 5) is 15.2. The van der Waals surface area contributed by atoms with Crippen LogP contribution in [0.5, 0.6) is 0 Å². The molecule has 0 amide bonds. The van der Waals surface area contributed by atoms with Gasteiger partial charge in [-0.1, -0.05) is 0 Å². The molecule has 2 aliphatic heterocycles. The zero-order valence-electron chi connectivity index (χ0n) is 14.7. The van der Waals surface area contributed by atoms with Crippen LogP contribution < -0.4 is 4.90 Å². The Kier molecular flexibility index (Phi) is 3.74. The van der Waals surface area contributed by atoms with Crippen LogP contribution in [0.3, 0.4) is 0 Å². The third-order valence-corrected chi connectivity index (χ3v) is 6.26. The van der Waals surface area contributed by atoms with Crippen LogP contribution in [0, 0.1) is 0 Å². The highest BCUT2D eigenvalue weighted by atomic mass is 16.5. The summed E-state index contributed by atoms with van der Waals surface area (Å²) < 4.78 is 5.53. The Morgan fingerprint density at radius 3 is 2.71 bits per heavy atom. The Hall–Kier alpha value is -1.20. The Labute approximate surface area is 144 Å². The third-order valence-electron chi connectivity index (χ3n) is 6.26. The van der Waals surface area contributed by atoms with E-state index in [1.807, 2.05) is 0 Å². The van der Waals surface area contributed by atoms with Crippen molar-refractivity contribution in [1.82, 2.24) is 14.9 Å².